The van der Waals surface area contributed by atoms with Crippen LogP contribution in [0.2, 0.25) is 0 Å². The molecule has 0 bridgehead atoms. The molecule has 0 aromatic rings. The molecule has 0 aromatic heterocycles. The lowest BCUT2D eigenvalue weighted by Crippen LogP contribution is -2.56. The van der Waals surface area contributed by atoms with Gasteiger partial charge in [0.1, 0.15) is 0 Å². The molecule has 3 amide bonds. The second-order valence-electron chi connectivity index (χ2n) is 8.99. The van der Waals surface area contributed by atoms with Crippen molar-refractivity contribution in [2.75, 3.05) is 53.1 Å². The van der Waals surface area contributed by atoms with Gasteiger partial charge in [-0.2, -0.15) is 0 Å². The Labute approximate surface area is 168 Å². The Kier molecular flexibility index (Phi) is 6.11. The normalized spacial score (nSPS) is 30.0. The van der Waals surface area contributed by atoms with Gasteiger partial charge in [-0.1, -0.05) is 19.3 Å². The third-order valence-corrected chi connectivity index (χ3v) is 7.22. The van der Waals surface area contributed by atoms with Crippen LogP contribution in [0, 0.1) is 5.92 Å². The van der Waals surface area contributed by atoms with E-state index >= 15 is 0 Å². The number of hydrogen-bond donors (Lipinski definition) is 0. The summed E-state index contributed by atoms with van der Waals surface area (Å²) in [5.74, 6) is 0.587. The molecule has 0 radical (unpaired) electrons. The van der Waals surface area contributed by atoms with Gasteiger partial charge in [0.15, 0.2) is 0 Å². The van der Waals surface area contributed by atoms with E-state index in [0.717, 1.165) is 58.3 Å². The number of carbonyl (C=O) groups is 2. The lowest BCUT2D eigenvalue weighted by atomic mass is 9.87. The number of piperidine rings is 1. The molecule has 1 unspecified atom stereocenters. The van der Waals surface area contributed by atoms with Crippen molar-refractivity contribution in [3.8, 4) is 0 Å². The van der Waals surface area contributed by atoms with Crippen LogP contribution >= 0.6 is 0 Å². The van der Waals surface area contributed by atoms with Crippen molar-refractivity contribution >= 4 is 11.9 Å². The monoisotopic (exact) mass is 393 g/mol. The molecule has 3 heterocycles. The smallest absolute Gasteiger partial charge is 0.321 e. The van der Waals surface area contributed by atoms with E-state index in [1.54, 1.807) is 7.11 Å². The molecule has 3 saturated heterocycles. The number of urea groups is 1. The highest BCUT2D eigenvalue weighted by atomic mass is 16.5. The number of amides is 3. The van der Waals surface area contributed by atoms with Crippen molar-refractivity contribution in [1.82, 2.24) is 14.7 Å². The highest BCUT2D eigenvalue weighted by molar-refractivity contribution is 5.80. The summed E-state index contributed by atoms with van der Waals surface area (Å²) < 4.78 is 10.9. The van der Waals surface area contributed by atoms with E-state index in [9.17, 15) is 9.59 Å². The molecule has 1 spiro atoms. The minimum Gasteiger partial charge on any atom is -0.383 e. The van der Waals surface area contributed by atoms with Crippen molar-refractivity contribution in [3.63, 3.8) is 0 Å². The summed E-state index contributed by atoms with van der Waals surface area (Å²) in [5, 5.41) is 0. The van der Waals surface area contributed by atoms with Gasteiger partial charge in [-0.3, -0.25) is 4.79 Å². The van der Waals surface area contributed by atoms with Crippen LogP contribution in [-0.4, -0.2) is 91.3 Å². The third-order valence-electron chi connectivity index (χ3n) is 7.22. The van der Waals surface area contributed by atoms with Gasteiger partial charge in [-0.05, 0) is 32.1 Å². The molecule has 28 heavy (non-hydrogen) atoms. The van der Waals surface area contributed by atoms with Crippen molar-refractivity contribution in [3.05, 3.63) is 0 Å². The molecule has 7 nitrogen and oxygen atoms in total. The van der Waals surface area contributed by atoms with Gasteiger partial charge in [0.05, 0.1) is 18.8 Å². The molecular formula is C21H35N3O4. The summed E-state index contributed by atoms with van der Waals surface area (Å²) >= 11 is 0. The lowest BCUT2D eigenvalue weighted by molar-refractivity contribution is -0.138. The molecule has 0 aromatic carbocycles. The van der Waals surface area contributed by atoms with E-state index in [1.165, 1.54) is 19.3 Å². The maximum atomic E-state index is 13.2. The minimum absolute atomic E-state index is 0.125. The topological polar surface area (TPSA) is 62.3 Å². The summed E-state index contributed by atoms with van der Waals surface area (Å²) in [6, 6.07) is 0.330. The Hall–Kier alpha value is -1.34. The average Bonchev–Trinajstić information content (AvgIpc) is 3.31. The third kappa shape index (κ3) is 3.75. The largest absolute Gasteiger partial charge is 0.383 e. The van der Waals surface area contributed by atoms with E-state index in [0.29, 0.717) is 25.7 Å². The number of hydrogen-bond acceptors (Lipinski definition) is 4. The first-order valence-corrected chi connectivity index (χ1v) is 11.1. The molecule has 3 aliphatic heterocycles. The number of likely N-dealkylation sites (tertiary alicyclic amines) is 1. The Morgan fingerprint density at radius 2 is 1.93 bits per heavy atom. The Bertz CT molecular complexity index is 564. The van der Waals surface area contributed by atoms with E-state index < -0.39 is 0 Å². The fourth-order valence-corrected chi connectivity index (χ4v) is 5.64. The van der Waals surface area contributed by atoms with E-state index in [1.807, 2.05) is 4.90 Å². The second-order valence-corrected chi connectivity index (χ2v) is 8.99. The summed E-state index contributed by atoms with van der Waals surface area (Å²) in [6.45, 7) is 4.83. The summed E-state index contributed by atoms with van der Waals surface area (Å²) in [5.41, 5.74) is -0.189. The van der Waals surface area contributed by atoms with Crippen LogP contribution in [0.5, 0.6) is 0 Å². The molecule has 4 fully saturated rings. The van der Waals surface area contributed by atoms with Crippen LogP contribution in [-0.2, 0) is 14.3 Å². The van der Waals surface area contributed by atoms with Gasteiger partial charge in [-0.15, -0.1) is 0 Å². The molecule has 1 aliphatic carbocycles. The number of nitrogens with zero attached hydrogens (tertiary/aromatic N) is 3. The predicted octanol–water partition coefficient (Wildman–Crippen LogP) is 2.10. The maximum absolute atomic E-state index is 13.2. The van der Waals surface area contributed by atoms with Crippen LogP contribution in [0.1, 0.15) is 51.4 Å². The Morgan fingerprint density at radius 3 is 2.57 bits per heavy atom. The van der Waals surface area contributed by atoms with Crippen LogP contribution < -0.4 is 0 Å². The first kappa shape index (κ1) is 20.0. The number of ether oxygens (including phenoxy) is 2. The van der Waals surface area contributed by atoms with Gasteiger partial charge in [0.2, 0.25) is 5.91 Å². The van der Waals surface area contributed by atoms with Crippen molar-refractivity contribution < 1.29 is 19.1 Å². The first-order chi connectivity index (χ1) is 13.6. The molecule has 1 atom stereocenters. The molecule has 1 saturated carbocycles. The van der Waals surface area contributed by atoms with Gasteiger partial charge >= 0.3 is 6.03 Å². The standard InChI is InChI=1S/C21H35N3O4/c1-27-14-12-23-15-21(9-13-28-16-21)24(20(23)26)18-7-10-22(11-8-18)19(25)17-5-3-2-4-6-17/h17-18H,2-16H2,1H3. The van der Waals surface area contributed by atoms with E-state index in [4.69, 9.17) is 9.47 Å². The van der Waals surface area contributed by atoms with Crippen LogP contribution in [0.15, 0.2) is 0 Å². The van der Waals surface area contributed by atoms with Crippen LogP contribution in [0.4, 0.5) is 4.79 Å². The van der Waals surface area contributed by atoms with Crippen LogP contribution in [0.25, 0.3) is 0 Å². The SMILES string of the molecule is COCCN1CC2(CCOC2)N(C2CCN(C(=O)C3CCCCC3)CC2)C1=O. The van der Waals surface area contributed by atoms with Gasteiger partial charge in [-0.25, -0.2) is 4.79 Å². The van der Waals surface area contributed by atoms with Gasteiger partial charge in [0.25, 0.3) is 0 Å². The highest BCUT2D eigenvalue weighted by Crippen LogP contribution is 2.38. The van der Waals surface area contributed by atoms with E-state index in [2.05, 4.69) is 9.80 Å². The average molecular weight is 394 g/mol. The fraction of sp³-hybridized carbons (Fsp3) is 0.905. The molecule has 158 valence electrons. The summed E-state index contributed by atoms with van der Waals surface area (Å²) in [7, 11) is 1.67. The predicted molar refractivity (Wildman–Crippen MR) is 105 cm³/mol. The zero-order chi connectivity index (χ0) is 19.6. The van der Waals surface area contributed by atoms with Gasteiger partial charge < -0.3 is 24.2 Å². The summed E-state index contributed by atoms with van der Waals surface area (Å²) in [4.78, 5) is 32.2. The Morgan fingerprint density at radius 1 is 1.18 bits per heavy atom. The van der Waals surface area contributed by atoms with Crippen molar-refractivity contribution in [2.45, 2.75) is 62.9 Å². The minimum atomic E-state index is -0.189. The van der Waals surface area contributed by atoms with Gasteiger partial charge in [0, 0.05) is 51.9 Å². The molecule has 0 N–H and O–H groups in total. The first-order valence-electron chi connectivity index (χ1n) is 11.1. The molecule has 4 aliphatic rings. The fourth-order valence-electron chi connectivity index (χ4n) is 5.64. The van der Waals surface area contributed by atoms with E-state index in [-0.39, 0.29) is 23.5 Å². The maximum Gasteiger partial charge on any atom is 0.321 e. The lowest BCUT2D eigenvalue weighted by Gasteiger charge is -2.43. The Balaban J connectivity index is 1.39. The quantitative estimate of drug-likeness (QED) is 0.718. The number of rotatable bonds is 5. The summed E-state index contributed by atoms with van der Waals surface area (Å²) in [6.07, 6.45) is 8.42. The highest BCUT2D eigenvalue weighted by Gasteiger charge is 2.54. The zero-order valence-corrected chi connectivity index (χ0v) is 17.2. The second kappa shape index (κ2) is 8.57. The molecule has 7 heteroatoms. The van der Waals surface area contributed by atoms with Crippen molar-refractivity contribution in [2.24, 2.45) is 5.92 Å². The molecule has 4 rings (SSSR count). The molecular weight excluding hydrogens is 358 g/mol. The number of carbonyl (C=O) groups excluding carboxylic acids is 2. The number of methoxy groups -OCH3 is 1. The van der Waals surface area contributed by atoms with Crippen molar-refractivity contribution in [1.29, 1.82) is 0 Å². The van der Waals surface area contributed by atoms with Crippen LogP contribution in [0.3, 0.4) is 0 Å². The zero-order valence-electron chi connectivity index (χ0n) is 17.2.